The lowest BCUT2D eigenvalue weighted by atomic mass is 10.2. The van der Waals surface area contributed by atoms with Crippen molar-refractivity contribution in [2.75, 3.05) is 31.1 Å². The second-order valence-electron chi connectivity index (χ2n) is 5.29. The van der Waals surface area contributed by atoms with Crippen molar-refractivity contribution >= 4 is 5.69 Å². The molecule has 2 aliphatic heterocycles. The maximum atomic E-state index is 9.39. The van der Waals surface area contributed by atoms with E-state index < -0.39 is 0 Å². The van der Waals surface area contributed by atoms with Gasteiger partial charge < -0.3 is 10.0 Å². The molecule has 0 spiro atoms. The zero-order chi connectivity index (χ0) is 12.4. The molecule has 0 aromatic carbocycles. The van der Waals surface area contributed by atoms with Crippen LogP contribution in [0.25, 0.3) is 0 Å². The summed E-state index contributed by atoms with van der Waals surface area (Å²) in [6, 6.07) is 2.61. The summed E-state index contributed by atoms with van der Waals surface area (Å²) in [4.78, 5) is 9.19. The highest BCUT2D eigenvalue weighted by atomic mass is 16.3. The number of hydrogen-bond acceptors (Lipinski definition) is 4. The first kappa shape index (κ1) is 11.9. The van der Waals surface area contributed by atoms with Crippen molar-refractivity contribution in [1.29, 1.82) is 0 Å². The van der Waals surface area contributed by atoms with Crippen LogP contribution in [-0.2, 0) is 6.61 Å². The average Bonchev–Trinajstić information content (AvgIpc) is 3.09. The summed E-state index contributed by atoms with van der Waals surface area (Å²) in [7, 11) is 0. The van der Waals surface area contributed by atoms with Crippen LogP contribution in [0.2, 0.25) is 0 Å². The lowest BCUT2D eigenvalue weighted by Gasteiger charge is -2.25. The summed E-state index contributed by atoms with van der Waals surface area (Å²) in [5.74, 6) is 0. The SMILES string of the molecule is OCc1ccncc1N1CCC(N2CCCC2)C1. The highest BCUT2D eigenvalue weighted by molar-refractivity contribution is 5.52. The molecule has 1 atom stereocenters. The Bertz CT molecular complexity index is 404. The summed E-state index contributed by atoms with van der Waals surface area (Å²) in [6.45, 7) is 4.79. The van der Waals surface area contributed by atoms with Crippen molar-refractivity contribution in [3.63, 3.8) is 0 Å². The number of likely N-dealkylation sites (tertiary alicyclic amines) is 1. The molecule has 0 amide bonds. The van der Waals surface area contributed by atoms with E-state index in [4.69, 9.17) is 0 Å². The standard InChI is InChI=1S/C14H21N3O/c18-11-12-3-5-15-9-14(12)17-8-4-13(10-17)16-6-1-2-7-16/h3,5,9,13,18H,1-2,4,6-8,10-11H2. The van der Waals surface area contributed by atoms with Crippen LogP contribution in [0.5, 0.6) is 0 Å². The van der Waals surface area contributed by atoms with Gasteiger partial charge in [0.05, 0.1) is 18.5 Å². The van der Waals surface area contributed by atoms with Crippen LogP contribution < -0.4 is 4.90 Å². The van der Waals surface area contributed by atoms with Crippen molar-refractivity contribution in [1.82, 2.24) is 9.88 Å². The Morgan fingerprint density at radius 1 is 1.28 bits per heavy atom. The maximum Gasteiger partial charge on any atom is 0.0703 e. The van der Waals surface area contributed by atoms with E-state index in [-0.39, 0.29) is 6.61 Å². The van der Waals surface area contributed by atoms with Gasteiger partial charge in [0.15, 0.2) is 0 Å². The number of aliphatic hydroxyl groups is 1. The van der Waals surface area contributed by atoms with Gasteiger partial charge in [-0.1, -0.05) is 0 Å². The molecule has 3 heterocycles. The molecule has 3 rings (SSSR count). The van der Waals surface area contributed by atoms with E-state index in [2.05, 4.69) is 14.8 Å². The lowest BCUT2D eigenvalue weighted by Crippen LogP contribution is -2.35. The molecule has 1 aromatic heterocycles. The van der Waals surface area contributed by atoms with Gasteiger partial charge in [-0.05, 0) is 38.4 Å². The molecule has 0 saturated carbocycles. The van der Waals surface area contributed by atoms with Crippen molar-refractivity contribution in [3.05, 3.63) is 24.0 Å². The predicted molar refractivity (Wildman–Crippen MR) is 71.6 cm³/mol. The first-order chi connectivity index (χ1) is 8.88. The molecule has 2 fully saturated rings. The number of hydrogen-bond donors (Lipinski definition) is 1. The fourth-order valence-electron chi connectivity index (χ4n) is 3.20. The third-order valence-corrected chi connectivity index (χ3v) is 4.22. The zero-order valence-electron chi connectivity index (χ0n) is 10.8. The van der Waals surface area contributed by atoms with E-state index in [0.717, 1.165) is 24.3 Å². The third-order valence-electron chi connectivity index (χ3n) is 4.22. The number of pyridine rings is 1. The smallest absolute Gasteiger partial charge is 0.0703 e. The molecule has 1 aromatic rings. The van der Waals surface area contributed by atoms with Gasteiger partial charge in [-0.3, -0.25) is 9.88 Å². The molecule has 98 valence electrons. The van der Waals surface area contributed by atoms with E-state index in [1.54, 1.807) is 6.20 Å². The Hall–Kier alpha value is -1.13. The van der Waals surface area contributed by atoms with Gasteiger partial charge >= 0.3 is 0 Å². The normalized spacial score (nSPS) is 24.9. The molecule has 2 aliphatic rings. The monoisotopic (exact) mass is 247 g/mol. The summed E-state index contributed by atoms with van der Waals surface area (Å²) in [6.07, 6.45) is 7.58. The third kappa shape index (κ3) is 2.22. The number of rotatable bonds is 3. The van der Waals surface area contributed by atoms with Gasteiger partial charge in [0.25, 0.3) is 0 Å². The van der Waals surface area contributed by atoms with E-state index in [0.29, 0.717) is 6.04 Å². The molecule has 0 aliphatic carbocycles. The minimum absolute atomic E-state index is 0.0999. The van der Waals surface area contributed by atoms with Crippen molar-refractivity contribution < 1.29 is 5.11 Å². The van der Waals surface area contributed by atoms with Crippen LogP contribution in [0.3, 0.4) is 0 Å². The number of anilines is 1. The van der Waals surface area contributed by atoms with Gasteiger partial charge in [0, 0.05) is 30.9 Å². The molecule has 4 heteroatoms. The van der Waals surface area contributed by atoms with Gasteiger partial charge in [0.2, 0.25) is 0 Å². The molecular weight excluding hydrogens is 226 g/mol. The quantitative estimate of drug-likeness (QED) is 0.872. The highest BCUT2D eigenvalue weighted by Gasteiger charge is 2.30. The van der Waals surface area contributed by atoms with E-state index in [1.807, 2.05) is 12.3 Å². The second kappa shape index (κ2) is 5.24. The predicted octanol–water partition coefficient (Wildman–Crippen LogP) is 1.25. The van der Waals surface area contributed by atoms with Gasteiger partial charge in [-0.2, -0.15) is 0 Å². The molecule has 2 saturated heterocycles. The Morgan fingerprint density at radius 3 is 2.89 bits per heavy atom. The van der Waals surface area contributed by atoms with Crippen LogP contribution >= 0.6 is 0 Å². The largest absolute Gasteiger partial charge is 0.392 e. The summed E-state index contributed by atoms with van der Waals surface area (Å²) in [5, 5.41) is 9.39. The number of aliphatic hydroxyl groups excluding tert-OH is 1. The summed E-state index contributed by atoms with van der Waals surface area (Å²) < 4.78 is 0. The Labute approximate surface area is 108 Å². The van der Waals surface area contributed by atoms with Crippen molar-refractivity contribution in [3.8, 4) is 0 Å². The van der Waals surface area contributed by atoms with E-state index in [9.17, 15) is 5.11 Å². The summed E-state index contributed by atoms with van der Waals surface area (Å²) in [5.41, 5.74) is 2.11. The minimum Gasteiger partial charge on any atom is -0.392 e. The van der Waals surface area contributed by atoms with Crippen molar-refractivity contribution in [2.24, 2.45) is 0 Å². The van der Waals surface area contributed by atoms with Crippen LogP contribution in [0.4, 0.5) is 5.69 Å². The molecule has 4 nitrogen and oxygen atoms in total. The van der Waals surface area contributed by atoms with Crippen LogP contribution in [0, 0.1) is 0 Å². The van der Waals surface area contributed by atoms with Crippen LogP contribution in [0.1, 0.15) is 24.8 Å². The molecule has 18 heavy (non-hydrogen) atoms. The number of aromatic nitrogens is 1. The fourth-order valence-corrected chi connectivity index (χ4v) is 3.20. The Kier molecular flexibility index (Phi) is 3.48. The first-order valence-electron chi connectivity index (χ1n) is 6.91. The average molecular weight is 247 g/mol. The van der Waals surface area contributed by atoms with Crippen molar-refractivity contribution in [2.45, 2.75) is 31.9 Å². The molecule has 1 N–H and O–H groups in total. The number of nitrogens with zero attached hydrogens (tertiary/aromatic N) is 3. The van der Waals surface area contributed by atoms with E-state index in [1.165, 1.54) is 32.4 Å². The van der Waals surface area contributed by atoms with E-state index >= 15 is 0 Å². The zero-order valence-corrected chi connectivity index (χ0v) is 10.8. The molecule has 0 bridgehead atoms. The maximum absolute atomic E-state index is 9.39. The van der Waals surface area contributed by atoms with Crippen LogP contribution in [-0.4, -0.2) is 47.2 Å². The molecule has 1 unspecified atom stereocenters. The Morgan fingerprint density at radius 2 is 2.11 bits per heavy atom. The molecule has 0 radical (unpaired) electrons. The minimum atomic E-state index is 0.0999. The summed E-state index contributed by atoms with van der Waals surface area (Å²) >= 11 is 0. The lowest BCUT2D eigenvalue weighted by molar-refractivity contribution is 0.260. The topological polar surface area (TPSA) is 39.6 Å². The second-order valence-corrected chi connectivity index (χ2v) is 5.29. The fraction of sp³-hybridized carbons (Fsp3) is 0.643. The van der Waals surface area contributed by atoms with Gasteiger partial charge in [0.1, 0.15) is 0 Å². The van der Waals surface area contributed by atoms with Gasteiger partial charge in [-0.25, -0.2) is 0 Å². The molecular formula is C14H21N3O. The highest BCUT2D eigenvalue weighted by Crippen LogP contribution is 2.27. The Balaban J connectivity index is 1.71. The van der Waals surface area contributed by atoms with Crippen LogP contribution in [0.15, 0.2) is 18.5 Å². The first-order valence-corrected chi connectivity index (χ1v) is 6.91. The van der Waals surface area contributed by atoms with Gasteiger partial charge in [-0.15, -0.1) is 0 Å².